The number of hydrogen-bond acceptors (Lipinski definition) is 4. The predicted octanol–water partition coefficient (Wildman–Crippen LogP) is 4.36. The molecule has 138 valence electrons. The topological polar surface area (TPSA) is 46.1 Å². The zero-order valence-corrected chi connectivity index (χ0v) is 16.3. The Bertz CT molecular complexity index is 908. The van der Waals surface area contributed by atoms with Crippen LogP contribution in [0, 0.1) is 5.92 Å². The minimum atomic E-state index is 0.0539. The van der Waals surface area contributed by atoms with E-state index in [-0.39, 0.29) is 11.8 Å². The average Bonchev–Trinajstić information content (AvgIpc) is 3.16. The Morgan fingerprint density at radius 1 is 1.19 bits per heavy atom. The molecule has 2 aromatic heterocycles. The number of fused-ring (bicyclic) bond motifs is 1. The SMILES string of the molecule is CCN(Cc1ccccc1)C(=O)C1CCc2nc(-c3ccccn3)sc2C1. The van der Waals surface area contributed by atoms with Crippen molar-refractivity contribution in [3.05, 3.63) is 70.9 Å². The number of thiazole rings is 1. The quantitative estimate of drug-likeness (QED) is 0.664. The number of aromatic nitrogens is 2. The Kier molecular flexibility index (Phi) is 5.30. The van der Waals surface area contributed by atoms with E-state index in [1.807, 2.05) is 41.3 Å². The van der Waals surface area contributed by atoms with Gasteiger partial charge in [0, 0.05) is 30.1 Å². The van der Waals surface area contributed by atoms with E-state index in [1.54, 1.807) is 17.5 Å². The maximum atomic E-state index is 13.1. The van der Waals surface area contributed by atoms with Crippen molar-refractivity contribution >= 4 is 17.2 Å². The fourth-order valence-electron chi connectivity index (χ4n) is 3.59. The highest BCUT2D eigenvalue weighted by Crippen LogP contribution is 2.34. The lowest BCUT2D eigenvalue weighted by Gasteiger charge is -2.28. The molecule has 0 saturated heterocycles. The molecule has 1 atom stereocenters. The maximum Gasteiger partial charge on any atom is 0.226 e. The third-order valence-electron chi connectivity index (χ3n) is 5.08. The van der Waals surface area contributed by atoms with Crippen LogP contribution in [0.5, 0.6) is 0 Å². The number of aryl methyl sites for hydroxylation is 1. The summed E-state index contributed by atoms with van der Waals surface area (Å²) in [5, 5.41) is 0.963. The Hall–Kier alpha value is -2.53. The van der Waals surface area contributed by atoms with E-state index < -0.39 is 0 Å². The van der Waals surface area contributed by atoms with Crippen molar-refractivity contribution in [2.45, 2.75) is 32.7 Å². The molecule has 27 heavy (non-hydrogen) atoms. The van der Waals surface area contributed by atoms with Gasteiger partial charge in [-0.05, 0) is 43.9 Å². The van der Waals surface area contributed by atoms with Crippen LogP contribution >= 0.6 is 11.3 Å². The number of pyridine rings is 1. The normalized spacial score (nSPS) is 16.0. The second kappa shape index (κ2) is 8.01. The highest BCUT2D eigenvalue weighted by Gasteiger charge is 2.30. The fourth-order valence-corrected chi connectivity index (χ4v) is 4.76. The second-order valence-electron chi connectivity index (χ2n) is 6.88. The van der Waals surface area contributed by atoms with E-state index in [0.717, 1.165) is 42.2 Å². The Balaban J connectivity index is 1.48. The molecular formula is C22H23N3OS. The first-order valence-corrected chi connectivity index (χ1v) is 10.3. The van der Waals surface area contributed by atoms with Gasteiger partial charge in [-0.3, -0.25) is 9.78 Å². The lowest BCUT2D eigenvalue weighted by molar-refractivity contribution is -0.136. The van der Waals surface area contributed by atoms with Crippen molar-refractivity contribution in [1.29, 1.82) is 0 Å². The number of rotatable bonds is 5. The molecule has 1 aromatic carbocycles. The van der Waals surface area contributed by atoms with Crippen LogP contribution in [0.15, 0.2) is 54.7 Å². The molecule has 0 saturated carbocycles. The first-order chi connectivity index (χ1) is 13.2. The average molecular weight is 378 g/mol. The molecule has 1 aliphatic rings. The second-order valence-corrected chi connectivity index (χ2v) is 7.97. The third-order valence-corrected chi connectivity index (χ3v) is 6.23. The molecule has 4 nitrogen and oxygen atoms in total. The molecule has 0 spiro atoms. The number of carbonyl (C=O) groups is 1. The third kappa shape index (κ3) is 3.93. The molecule has 0 fully saturated rings. The van der Waals surface area contributed by atoms with E-state index in [9.17, 15) is 4.79 Å². The van der Waals surface area contributed by atoms with Crippen LogP contribution in [-0.2, 0) is 24.2 Å². The van der Waals surface area contributed by atoms with Gasteiger partial charge in [0.2, 0.25) is 5.91 Å². The van der Waals surface area contributed by atoms with Gasteiger partial charge in [0.05, 0.1) is 11.4 Å². The standard InChI is InChI=1S/C22H23N3OS/c1-2-25(15-16-8-4-3-5-9-16)22(26)17-11-12-18-20(14-17)27-21(24-18)19-10-6-7-13-23-19/h3-10,13,17H,2,11-12,14-15H2,1H3. The van der Waals surface area contributed by atoms with Crippen LogP contribution in [0.4, 0.5) is 0 Å². The summed E-state index contributed by atoms with van der Waals surface area (Å²) in [7, 11) is 0. The molecular weight excluding hydrogens is 354 g/mol. The van der Waals surface area contributed by atoms with Gasteiger partial charge in [0.15, 0.2) is 0 Å². The minimum Gasteiger partial charge on any atom is -0.338 e. The molecule has 1 amide bonds. The summed E-state index contributed by atoms with van der Waals surface area (Å²) in [5.41, 5.74) is 3.24. The summed E-state index contributed by atoms with van der Waals surface area (Å²) >= 11 is 1.69. The molecule has 0 bridgehead atoms. The minimum absolute atomic E-state index is 0.0539. The van der Waals surface area contributed by atoms with Crippen molar-refractivity contribution in [3.8, 4) is 10.7 Å². The largest absolute Gasteiger partial charge is 0.338 e. The number of hydrogen-bond donors (Lipinski definition) is 0. The van der Waals surface area contributed by atoms with Crippen LogP contribution in [0.2, 0.25) is 0 Å². The summed E-state index contributed by atoms with van der Waals surface area (Å²) in [4.78, 5) is 25.5. The Labute approximate surface area is 163 Å². The number of carbonyl (C=O) groups excluding carboxylic acids is 1. The lowest BCUT2D eigenvalue weighted by atomic mass is 9.90. The number of benzene rings is 1. The van der Waals surface area contributed by atoms with Crippen LogP contribution < -0.4 is 0 Å². The monoisotopic (exact) mass is 377 g/mol. The lowest BCUT2D eigenvalue weighted by Crippen LogP contribution is -2.37. The Morgan fingerprint density at radius 2 is 2.00 bits per heavy atom. The van der Waals surface area contributed by atoms with E-state index in [4.69, 9.17) is 4.98 Å². The molecule has 4 rings (SSSR count). The first kappa shape index (κ1) is 17.9. The van der Waals surface area contributed by atoms with Crippen molar-refractivity contribution in [2.75, 3.05) is 6.54 Å². The molecule has 3 aromatic rings. The maximum absolute atomic E-state index is 13.1. The summed E-state index contributed by atoms with van der Waals surface area (Å²) in [6.45, 7) is 3.47. The van der Waals surface area contributed by atoms with Gasteiger partial charge in [-0.2, -0.15) is 0 Å². The Morgan fingerprint density at radius 3 is 2.74 bits per heavy atom. The van der Waals surface area contributed by atoms with Crippen molar-refractivity contribution in [2.24, 2.45) is 5.92 Å². The molecule has 0 radical (unpaired) electrons. The molecule has 1 unspecified atom stereocenters. The summed E-state index contributed by atoms with van der Waals surface area (Å²) in [5.74, 6) is 0.318. The summed E-state index contributed by atoms with van der Waals surface area (Å²) in [6.07, 6.45) is 4.34. The number of nitrogens with zero attached hydrogens (tertiary/aromatic N) is 3. The van der Waals surface area contributed by atoms with Gasteiger partial charge < -0.3 is 4.90 Å². The highest BCUT2D eigenvalue weighted by molar-refractivity contribution is 7.15. The predicted molar refractivity (Wildman–Crippen MR) is 108 cm³/mol. The fraction of sp³-hybridized carbons (Fsp3) is 0.318. The van der Waals surface area contributed by atoms with Gasteiger partial charge in [-0.25, -0.2) is 4.98 Å². The molecule has 0 aliphatic heterocycles. The van der Waals surface area contributed by atoms with Crippen molar-refractivity contribution in [1.82, 2.24) is 14.9 Å². The molecule has 0 N–H and O–H groups in total. The van der Waals surface area contributed by atoms with Gasteiger partial charge in [0.1, 0.15) is 5.01 Å². The summed E-state index contributed by atoms with van der Waals surface area (Å²) < 4.78 is 0. The zero-order chi connectivity index (χ0) is 18.6. The smallest absolute Gasteiger partial charge is 0.226 e. The van der Waals surface area contributed by atoms with Gasteiger partial charge in [0.25, 0.3) is 0 Å². The van der Waals surface area contributed by atoms with E-state index in [2.05, 4.69) is 24.0 Å². The van der Waals surface area contributed by atoms with Crippen LogP contribution in [0.3, 0.4) is 0 Å². The highest BCUT2D eigenvalue weighted by atomic mass is 32.1. The van der Waals surface area contributed by atoms with E-state index in [1.165, 1.54) is 10.4 Å². The van der Waals surface area contributed by atoms with Crippen molar-refractivity contribution in [3.63, 3.8) is 0 Å². The first-order valence-electron chi connectivity index (χ1n) is 9.47. The van der Waals surface area contributed by atoms with Gasteiger partial charge in [-0.15, -0.1) is 11.3 Å². The van der Waals surface area contributed by atoms with Gasteiger partial charge >= 0.3 is 0 Å². The van der Waals surface area contributed by atoms with Crippen LogP contribution in [-0.4, -0.2) is 27.3 Å². The van der Waals surface area contributed by atoms with E-state index in [0.29, 0.717) is 6.54 Å². The zero-order valence-electron chi connectivity index (χ0n) is 15.5. The summed E-state index contributed by atoms with van der Waals surface area (Å²) in [6, 6.07) is 16.1. The van der Waals surface area contributed by atoms with Crippen LogP contribution in [0.1, 0.15) is 29.5 Å². The molecule has 5 heteroatoms. The molecule has 1 aliphatic carbocycles. The number of amides is 1. The van der Waals surface area contributed by atoms with Crippen LogP contribution in [0.25, 0.3) is 10.7 Å². The van der Waals surface area contributed by atoms with E-state index >= 15 is 0 Å². The van der Waals surface area contributed by atoms with Gasteiger partial charge in [-0.1, -0.05) is 36.4 Å². The molecule has 2 heterocycles. The van der Waals surface area contributed by atoms with Crippen molar-refractivity contribution < 1.29 is 4.79 Å².